The fourth-order valence-corrected chi connectivity index (χ4v) is 3.00. The number of rotatable bonds is 3. The molecule has 3 rings (SSSR count). The zero-order valence-electron chi connectivity index (χ0n) is 11.8. The molecule has 1 aliphatic carbocycles. The third-order valence-electron chi connectivity index (χ3n) is 4.55. The van der Waals surface area contributed by atoms with E-state index in [-0.39, 0.29) is 30.3 Å². The number of nitrogens with zero attached hydrogens (tertiary/aromatic N) is 2. The highest BCUT2D eigenvalue weighted by molar-refractivity contribution is 5.86. The molecule has 0 radical (unpaired) electrons. The smallest absolute Gasteiger partial charge is 0.242 e. The van der Waals surface area contributed by atoms with Gasteiger partial charge in [-0.15, -0.1) is 0 Å². The molecule has 0 bridgehead atoms. The maximum atomic E-state index is 12.3. The maximum absolute atomic E-state index is 12.3. The molecule has 0 saturated heterocycles. The molecule has 5 nitrogen and oxygen atoms in total. The number of hydrogen-bond acceptors (Lipinski definition) is 2. The molecule has 20 heavy (non-hydrogen) atoms. The molecule has 1 fully saturated rings. The van der Waals surface area contributed by atoms with Crippen LogP contribution >= 0.6 is 0 Å². The molecule has 1 aromatic heterocycles. The SMILES string of the molecule is CC1c2cccn2CCN1C(=O)CNC(=O)C1CCC1. The van der Waals surface area contributed by atoms with Gasteiger partial charge in [0.25, 0.3) is 0 Å². The molecule has 108 valence electrons. The van der Waals surface area contributed by atoms with Crippen LogP contribution in [0.4, 0.5) is 0 Å². The van der Waals surface area contributed by atoms with Gasteiger partial charge in [-0.3, -0.25) is 9.59 Å². The number of fused-ring (bicyclic) bond motifs is 1. The van der Waals surface area contributed by atoms with Crippen LogP contribution in [0.1, 0.15) is 37.9 Å². The lowest BCUT2D eigenvalue weighted by Crippen LogP contribution is -2.46. The summed E-state index contributed by atoms with van der Waals surface area (Å²) in [5.74, 6) is 0.189. The Morgan fingerprint density at radius 3 is 2.85 bits per heavy atom. The quantitative estimate of drug-likeness (QED) is 0.904. The number of aromatic nitrogens is 1. The van der Waals surface area contributed by atoms with Crippen molar-refractivity contribution in [3.63, 3.8) is 0 Å². The Labute approximate surface area is 118 Å². The Kier molecular flexibility index (Phi) is 3.51. The van der Waals surface area contributed by atoms with Gasteiger partial charge >= 0.3 is 0 Å². The topological polar surface area (TPSA) is 54.3 Å². The Balaban J connectivity index is 1.56. The van der Waals surface area contributed by atoms with Crippen molar-refractivity contribution in [2.45, 2.75) is 38.8 Å². The van der Waals surface area contributed by atoms with Gasteiger partial charge in [0, 0.05) is 30.9 Å². The molecule has 1 aliphatic heterocycles. The summed E-state index contributed by atoms with van der Waals surface area (Å²) in [6.45, 7) is 3.70. The first-order valence-electron chi connectivity index (χ1n) is 7.39. The van der Waals surface area contributed by atoms with E-state index in [0.29, 0.717) is 6.54 Å². The predicted octanol–water partition coefficient (Wildman–Crippen LogP) is 1.31. The van der Waals surface area contributed by atoms with Gasteiger partial charge in [-0.1, -0.05) is 6.42 Å². The van der Waals surface area contributed by atoms with Crippen LogP contribution in [0.15, 0.2) is 18.3 Å². The number of nitrogens with one attached hydrogen (secondary N) is 1. The minimum absolute atomic E-state index is 0.0117. The standard InChI is InChI=1S/C15H21N3O2/c1-11-13-6-3-7-17(13)8-9-18(11)14(19)10-16-15(20)12-4-2-5-12/h3,6-7,11-12H,2,4-5,8-10H2,1H3,(H,16,20). The second kappa shape index (κ2) is 5.31. The van der Waals surface area contributed by atoms with Crippen molar-refractivity contribution >= 4 is 11.8 Å². The summed E-state index contributed by atoms with van der Waals surface area (Å²) in [6.07, 6.45) is 5.11. The van der Waals surface area contributed by atoms with Crippen LogP contribution in [0.5, 0.6) is 0 Å². The lowest BCUT2D eigenvalue weighted by atomic mass is 9.85. The Hall–Kier alpha value is -1.78. The number of hydrogen-bond donors (Lipinski definition) is 1. The summed E-state index contributed by atoms with van der Waals surface area (Å²) in [6, 6.07) is 4.14. The number of amides is 2. The highest BCUT2D eigenvalue weighted by Gasteiger charge is 2.29. The third-order valence-corrected chi connectivity index (χ3v) is 4.55. The summed E-state index contributed by atoms with van der Waals surface area (Å²) in [5.41, 5.74) is 1.16. The molecule has 0 spiro atoms. The van der Waals surface area contributed by atoms with Crippen molar-refractivity contribution in [3.05, 3.63) is 24.0 Å². The van der Waals surface area contributed by atoms with Crippen LogP contribution in [0.2, 0.25) is 0 Å². The predicted molar refractivity (Wildman–Crippen MR) is 74.9 cm³/mol. The van der Waals surface area contributed by atoms with Gasteiger partial charge in [0.2, 0.25) is 11.8 Å². The largest absolute Gasteiger partial charge is 0.348 e. The van der Waals surface area contributed by atoms with Gasteiger partial charge < -0.3 is 14.8 Å². The summed E-state index contributed by atoms with van der Waals surface area (Å²) < 4.78 is 2.18. The molecule has 1 aromatic rings. The molecule has 1 N–H and O–H groups in total. The monoisotopic (exact) mass is 275 g/mol. The van der Waals surface area contributed by atoms with Gasteiger partial charge in [0.1, 0.15) is 0 Å². The normalized spacial score (nSPS) is 22.1. The Bertz CT molecular complexity index is 519. The fraction of sp³-hybridized carbons (Fsp3) is 0.600. The van der Waals surface area contributed by atoms with E-state index in [1.165, 1.54) is 0 Å². The van der Waals surface area contributed by atoms with Crippen LogP contribution in [0.3, 0.4) is 0 Å². The molecular formula is C15H21N3O2. The van der Waals surface area contributed by atoms with Crippen LogP contribution in [-0.2, 0) is 16.1 Å². The lowest BCUT2D eigenvalue weighted by molar-refractivity contribution is -0.137. The number of carbonyl (C=O) groups is 2. The van der Waals surface area contributed by atoms with Crippen molar-refractivity contribution in [1.82, 2.24) is 14.8 Å². The molecule has 2 aliphatic rings. The minimum Gasteiger partial charge on any atom is -0.348 e. The van der Waals surface area contributed by atoms with E-state index in [1.807, 2.05) is 24.1 Å². The summed E-state index contributed by atoms with van der Waals surface area (Å²) in [5, 5.41) is 2.78. The van der Waals surface area contributed by atoms with Crippen LogP contribution in [0, 0.1) is 5.92 Å². The average Bonchev–Trinajstić information content (AvgIpc) is 2.83. The third kappa shape index (κ3) is 2.32. The van der Waals surface area contributed by atoms with Crippen molar-refractivity contribution in [2.75, 3.05) is 13.1 Å². The lowest BCUT2D eigenvalue weighted by Gasteiger charge is -2.35. The molecular weight excluding hydrogens is 254 g/mol. The van der Waals surface area contributed by atoms with Gasteiger partial charge in [-0.2, -0.15) is 0 Å². The maximum Gasteiger partial charge on any atom is 0.242 e. The molecule has 2 heterocycles. The first-order chi connectivity index (χ1) is 9.66. The van der Waals surface area contributed by atoms with Gasteiger partial charge in [0.15, 0.2) is 0 Å². The van der Waals surface area contributed by atoms with E-state index in [0.717, 1.165) is 31.5 Å². The zero-order chi connectivity index (χ0) is 14.1. The molecule has 2 amide bonds. The fourth-order valence-electron chi connectivity index (χ4n) is 3.00. The summed E-state index contributed by atoms with van der Waals surface area (Å²) in [7, 11) is 0. The van der Waals surface area contributed by atoms with Crippen LogP contribution in [-0.4, -0.2) is 34.4 Å². The second-order valence-corrected chi connectivity index (χ2v) is 5.74. The van der Waals surface area contributed by atoms with Crippen molar-refractivity contribution in [1.29, 1.82) is 0 Å². The molecule has 5 heteroatoms. The van der Waals surface area contributed by atoms with E-state index in [4.69, 9.17) is 0 Å². The van der Waals surface area contributed by atoms with E-state index in [9.17, 15) is 9.59 Å². The highest BCUT2D eigenvalue weighted by Crippen LogP contribution is 2.27. The van der Waals surface area contributed by atoms with Gasteiger partial charge in [0.05, 0.1) is 12.6 Å². The van der Waals surface area contributed by atoms with Crippen molar-refractivity contribution in [2.24, 2.45) is 5.92 Å². The van der Waals surface area contributed by atoms with Gasteiger partial charge in [-0.25, -0.2) is 0 Å². The van der Waals surface area contributed by atoms with Crippen LogP contribution < -0.4 is 5.32 Å². The summed E-state index contributed by atoms with van der Waals surface area (Å²) in [4.78, 5) is 25.9. The second-order valence-electron chi connectivity index (χ2n) is 5.74. The Morgan fingerprint density at radius 1 is 1.35 bits per heavy atom. The zero-order valence-corrected chi connectivity index (χ0v) is 11.8. The minimum atomic E-state index is 0.0117. The number of carbonyl (C=O) groups excluding carboxylic acids is 2. The average molecular weight is 275 g/mol. The first kappa shape index (κ1) is 13.2. The van der Waals surface area contributed by atoms with E-state index in [2.05, 4.69) is 16.0 Å². The molecule has 1 unspecified atom stereocenters. The van der Waals surface area contributed by atoms with Gasteiger partial charge in [-0.05, 0) is 31.9 Å². The highest BCUT2D eigenvalue weighted by atomic mass is 16.2. The molecule has 1 atom stereocenters. The van der Waals surface area contributed by atoms with E-state index in [1.54, 1.807) is 0 Å². The molecule has 1 saturated carbocycles. The van der Waals surface area contributed by atoms with E-state index >= 15 is 0 Å². The van der Waals surface area contributed by atoms with Crippen molar-refractivity contribution in [3.8, 4) is 0 Å². The van der Waals surface area contributed by atoms with E-state index < -0.39 is 0 Å². The summed E-state index contributed by atoms with van der Waals surface area (Å²) >= 11 is 0. The first-order valence-corrected chi connectivity index (χ1v) is 7.39. The molecule has 0 aromatic carbocycles. The Morgan fingerprint density at radius 2 is 2.15 bits per heavy atom. The van der Waals surface area contributed by atoms with Crippen molar-refractivity contribution < 1.29 is 9.59 Å². The van der Waals surface area contributed by atoms with Crippen LogP contribution in [0.25, 0.3) is 0 Å².